The Morgan fingerprint density at radius 1 is 0.963 bits per heavy atom. The highest BCUT2D eigenvalue weighted by molar-refractivity contribution is 5.63. The van der Waals surface area contributed by atoms with Crippen LogP contribution in [0.25, 0.3) is 11.3 Å². The van der Waals surface area contributed by atoms with Crippen LogP contribution in [0.1, 0.15) is 11.3 Å². The van der Waals surface area contributed by atoms with Crippen molar-refractivity contribution in [2.24, 2.45) is 7.05 Å². The summed E-state index contributed by atoms with van der Waals surface area (Å²) in [7, 11) is 1.40. The second-order valence-corrected chi connectivity index (χ2v) is 5.79. The van der Waals surface area contributed by atoms with E-state index in [4.69, 9.17) is 0 Å². The number of aryl methyl sites for hydroxylation is 1. The van der Waals surface area contributed by atoms with Crippen LogP contribution in [-0.4, -0.2) is 9.78 Å². The Labute approximate surface area is 150 Å². The van der Waals surface area contributed by atoms with E-state index in [2.05, 4.69) is 10.4 Å². The first-order valence-electron chi connectivity index (χ1n) is 7.74. The maximum Gasteiger partial charge on any atom is 0.435 e. The van der Waals surface area contributed by atoms with Crippen LogP contribution in [0.15, 0.2) is 42.5 Å². The third kappa shape index (κ3) is 3.91. The highest BCUT2D eigenvalue weighted by Crippen LogP contribution is 2.31. The first-order chi connectivity index (χ1) is 12.7. The minimum absolute atomic E-state index is 0.260. The van der Waals surface area contributed by atoms with Crippen molar-refractivity contribution >= 4 is 5.69 Å². The van der Waals surface area contributed by atoms with Crippen molar-refractivity contribution in [1.82, 2.24) is 9.78 Å². The van der Waals surface area contributed by atoms with Crippen LogP contribution in [-0.2, 0) is 19.8 Å². The molecule has 0 spiro atoms. The summed E-state index contributed by atoms with van der Waals surface area (Å²) in [6.07, 6.45) is -4.55. The number of aromatic nitrogens is 2. The summed E-state index contributed by atoms with van der Waals surface area (Å²) >= 11 is 0. The summed E-state index contributed by atoms with van der Waals surface area (Å²) in [6, 6.07) is 8.61. The third-order valence-electron chi connectivity index (χ3n) is 3.96. The highest BCUT2D eigenvalue weighted by atomic mass is 19.4. The molecule has 9 heteroatoms. The Bertz CT molecular complexity index is 960. The van der Waals surface area contributed by atoms with E-state index in [-0.39, 0.29) is 12.2 Å². The number of nitrogens with zero attached hydrogens (tertiary/aromatic N) is 2. The largest absolute Gasteiger partial charge is 0.435 e. The standard InChI is InChI=1S/C18H13F6N3/c1-27-15(8-16(26-27)18(22,23)24)10-2-4-11(5-3-10)25-9-12-13(19)6-7-14(20)17(12)21/h2-8,25H,9H2,1H3. The quantitative estimate of drug-likeness (QED) is 0.498. The molecule has 3 rings (SSSR count). The molecule has 2 aromatic carbocycles. The van der Waals surface area contributed by atoms with Crippen LogP contribution in [0.4, 0.5) is 32.0 Å². The van der Waals surface area contributed by atoms with Gasteiger partial charge in [0.15, 0.2) is 17.3 Å². The Morgan fingerprint density at radius 3 is 2.19 bits per heavy atom. The zero-order valence-electron chi connectivity index (χ0n) is 13.9. The molecule has 0 amide bonds. The van der Waals surface area contributed by atoms with Gasteiger partial charge in [-0.1, -0.05) is 12.1 Å². The summed E-state index contributed by atoms with van der Waals surface area (Å²) in [5.41, 5.74) is -0.245. The molecule has 1 N–H and O–H groups in total. The summed E-state index contributed by atoms with van der Waals surface area (Å²) in [6.45, 7) is -0.293. The molecule has 0 fully saturated rings. The van der Waals surface area contributed by atoms with E-state index in [9.17, 15) is 26.3 Å². The van der Waals surface area contributed by atoms with E-state index >= 15 is 0 Å². The van der Waals surface area contributed by atoms with Gasteiger partial charge in [-0.3, -0.25) is 4.68 Å². The van der Waals surface area contributed by atoms with Gasteiger partial charge in [-0.2, -0.15) is 18.3 Å². The molecule has 0 unspecified atom stereocenters. The third-order valence-corrected chi connectivity index (χ3v) is 3.96. The van der Waals surface area contributed by atoms with Gasteiger partial charge in [-0.25, -0.2) is 13.2 Å². The van der Waals surface area contributed by atoms with Gasteiger partial charge in [-0.15, -0.1) is 0 Å². The maximum absolute atomic E-state index is 13.6. The molecule has 0 saturated carbocycles. The Kier molecular flexibility index (Phi) is 4.86. The van der Waals surface area contributed by atoms with Crippen LogP contribution in [0.2, 0.25) is 0 Å². The fourth-order valence-corrected chi connectivity index (χ4v) is 2.56. The predicted octanol–water partition coefficient (Wildman–Crippen LogP) is 5.14. The van der Waals surface area contributed by atoms with Crippen LogP contribution in [0.3, 0.4) is 0 Å². The molecule has 0 aliphatic rings. The predicted molar refractivity (Wildman–Crippen MR) is 87.3 cm³/mol. The second-order valence-electron chi connectivity index (χ2n) is 5.79. The van der Waals surface area contributed by atoms with Gasteiger partial charge < -0.3 is 5.32 Å². The number of nitrogens with one attached hydrogen (secondary N) is 1. The van der Waals surface area contributed by atoms with Gasteiger partial charge in [0, 0.05) is 24.8 Å². The zero-order valence-corrected chi connectivity index (χ0v) is 13.9. The number of hydrogen-bond acceptors (Lipinski definition) is 2. The van der Waals surface area contributed by atoms with Crippen molar-refractivity contribution in [3.63, 3.8) is 0 Å². The lowest BCUT2D eigenvalue weighted by Gasteiger charge is -2.10. The van der Waals surface area contributed by atoms with E-state index in [0.717, 1.165) is 16.8 Å². The lowest BCUT2D eigenvalue weighted by molar-refractivity contribution is -0.141. The molecule has 3 nitrogen and oxygen atoms in total. The number of rotatable bonds is 4. The fraction of sp³-hybridized carbons (Fsp3) is 0.167. The maximum atomic E-state index is 13.6. The molecule has 0 aliphatic carbocycles. The molecular weight excluding hydrogens is 372 g/mol. The molecule has 0 atom stereocenters. The average molecular weight is 385 g/mol. The summed E-state index contributed by atoms with van der Waals surface area (Å²) in [4.78, 5) is 0. The van der Waals surface area contributed by atoms with E-state index in [1.54, 1.807) is 0 Å². The van der Waals surface area contributed by atoms with Gasteiger partial charge >= 0.3 is 6.18 Å². The molecule has 0 bridgehead atoms. The SMILES string of the molecule is Cn1nc(C(F)(F)F)cc1-c1ccc(NCc2c(F)ccc(F)c2F)cc1. The summed E-state index contributed by atoms with van der Waals surface area (Å²) in [5.74, 6) is -3.30. The highest BCUT2D eigenvalue weighted by Gasteiger charge is 2.34. The van der Waals surface area contributed by atoms with Crippen molar-refractivity contribution in [2.45, 2.75) is 12.7 Å². The smallest absolute Gasteiger partial charge is 0.381 e. The van der Waals surface area contributed by atoms with E-state index in [1.165, 1.54) is 31.3 Å². The van der Waals surface area contributed by atoms with E-state index in [0.29, 0.717) is 17.3 Å². The van der Waals surface area contributed by atoms with Crippen molar-refractivity contribution < 1.29 is 26.3 Å². The van der Waals surface area contributed by atoms with Crippen molar-refractivity contribution in [3.8, 4) is 11.3 Å². The minimum Gasteiger partial charge on any atom is -0.381 e. The number of hydrogen-bond donors (Lipinski definition) is 1. The first kappa shape index (κ1) is 18.8. The molecule has 142 valence electrons. The molecule has 1 heterocycles. The molecule has 0 aliphatic heterocycles. The molecular formula is C18H13F6N3. The Balaban J connectivity index is 1.77. The van der Waals surface area contributed by atoms with Crippen molar-refractivity contribution in [2.75, 3.05) is 5.32 Å². The molecule has 3 aromatic rings. The van der Waals surface area contributed by atoms with Gasteiger partial charge in [0.25, 0.3) is 0 Å². The van der Waals surface area contributed by atoms with E-state index in [1.807, 2.05) is 0 Å². The number of halogens is 6. The van der Waals surface area contributed by atoms with Gasteiger partial charge in [0.05, 0.1) is 5.69 Å². The topological polar surface area (TPSA) is 29.9 Å². The van der Waals surface area contributed by atoms with Crippen molar-refractivity contribution in [1.29, 1.82) is 0 Å². The number of alkyl halides is 3. The Hall–Kier alpha value is -2.97. The molecule has 0 radical (unpaired) electrons. The van der Waals surface area contributed by atoms with Gasteiger partial charge in [0.1, 0.15) is 5.82 Å². The van der Waals surface area contributed by atoms with Crippen LogP contribution < -0.4 is 5.32 Å². The summed E-state index contributed by atoms with van der Waals surface area (Å²) < 4.78 is 79.8. The summed E-state index contributed by atoms with van der Waals surface area (Å²) in [5, 5.41) is 6.19. The number of benzene rings is 2. The van der Waals surface area contributed by atoms with Crippen LogP contribution in [0.5, 0.6) is 0 Å². The zero-order chi connectivity index (χ0) is 19.8. The second kappa shape index (κ2) is 6.98. The van der Waals surface area contributed by atoms with Crippen LogP contribution in [0, 0.1) is 17.5 Å². The average Bonchev–Trinajstić information content (AvgIpc) is 3.01. The van der Waals surface area contributed by atoms with Crippen LogP contribution >= 0.6 is 0 Å². The molecule has 1 aromatic heterocycles. The number of anilines is 1. The fourth-order valence-electron chi connectivity index (χ4n) is 2.56. The van der Waals surface area contributed by atoms with Gasteiger partial charge in [0.2, 0.25) is 0 Å². The van der Waals surface area contributed by atoms with Gasteiger partial charge in [-0.05, 0) is 35.9 Å². The minimum atomic E-state index is -4.55. The Morgan fingerprint density at radius 2 is 1.59 bits per heavy atom. The van der Waals surface area contributed by atoms with E-state index < -0.39 is 34.9 Å². The monoisotopic (exact) mass is 385 g/mol. The molecule has 27 heavy (non-hydrogen) atoms. The normalized spacial score (nSPS) is 11.7. The first-order valence-corrected chi connectivity index (χ1v) is 7.74. The lowest BCUT2D eigenvalue weighted by atomic mass is 10.1. The van der Waals surface area contributed by atoms with Crippen molar-refractivity contribution in [3.05, 3.63) is 71.2 Å². The molecule has 0 saturated heterocycles. The lowest BCUT2D eigenvalue weighted by Crippen LogP contribution is -2.06.